The lowest BCUT2D eigenvalue weighted by molar-refractivity contribution is 0.102. The maximum atomic E-state index is 12.5. The molecule has 0 spiro atoms. The van der Waals surface area contributed by atoms with Crippen LogP contribution < -0.4 is 14.8 Å². The Hall–Kier alpha value is -2.89. The van der Waals surface area contributed by atoms with Gasteiger partial charge in [-0.1, -0.05) is 22.0 Å². The molecular formula is C20H18BrN3O5S2. The first-order valence-electron chi connectivity index (χ1n) is 8.79. The van der Waals surface area contributed by atoms with Crippen molar-refractivity contribution in [1.29, 1.82) is 0 Å². The Balaban J connectivity index is 1.71. The molecule has 0 radical (unpaired) electrons. The molecule has 0 aliphatic rings. The fourth-order valence-electron chi connectivity index (χ4n) is 2.59. The Labute approximate surface area is 188 Å². The highest BCUT2D eigenvalue weighted by Gasteiger charge is 2.15. The zero-order valence-electron chi connectivity index (χ0n) is 16.2. The van der Waals surface area contributed by atoms with Crippen LogP contribution in [0.4, 0.5) is 17.1 Å². The van der Waals surface area contributed by atoms with Crippen LogP contribution >= 0.6 is 15.9 Å². The summed E-state index contributed by atoms with van der Waals surface area (Å²) in [5.41, 5.74) is 1.30. The van der Waals surface area contributed by atoms with E-state index in [1.165, 1.54) is 42.5 Å². The molecule has 31 heavy (non-hydrogen) atoms. The quantitative estimate of drug-likeness (QED) is 0.433. The zero-order chi connectivity index (χ0) is 22.6. The Kier molecular flexibility index (Phi) is 6.68. The van der Waals surface area contributed by atoms with Crippen molar-refractivity contribution in [2.45, 2.75) is 4.90 Å². The third kappa shape index (κ3) is 6.54. The topological polar surface area (TPSA) is 121 Å². The van der Waals surface area contributed by atoms with Gasteiger partial charge in [0.05, 0.1) is 11.2 Å². The Bertz CT molecular complexity index is 1310. The number of anilines is 3. The number of benzene rings is 3. The van der Waals surface area contributed by atoms with E-state index in [4.69, 9.17) is 0 Å². The molecule has 1 amide bonds. The van der Waals surface area contributed by atoms with Gasteiger partial charge in [-0.05, 0) is 66.7 Å². The number of hydrogen-bond acceptors (Lipinski definition) is 5. The average Bonchev–Trinajstić information content (AvgIpc) is 2.69. The van der Waals surface area contributed by atoms with Gasteiger partial charge in [-0.3, -0.25) is 14.2 Å². The predicted octanol–water partition coefficient (Wildman–Crippen LogP) is 3.87. The van der Waals surface area contributed by atoms with Crippen molar-refractivity contribution >= 4 is 58.9 Å². The number of amides is 1. The van der Waals surface area contributed by atoms with Crippen LogP contribution in [-0.2, 0) is 20.0 Å². The smallest absolute Gasteiger partial charge is 0.261 e. The van der Waals surface area contributed by atoms with Gasteiger partial charge in [0.1, 0.15) is 0 Å². The largest absolute Gasteiger partial charge is 0.322 e. The van der Waals surface area contributed by atoms with Gasteiger partial charge in [-0.2, -0.15) is 0 Å². The van der Waals surface area contributed by atoms with E-state index < -0.39 is 26.0 Å². The number of carbonyl (C=O) groups is 1. The van der Waals surface area contributed by atoms with Gasteiger partial charge in [0.25, 0.3) is 15.9 Å². The van der Waals surface area contributed by atoms with Crippen LogP contribution in [0, 0.1) is 0 Å². The molecule has 8 nitrogen and oxygen atoms in total. The van der Waals surface area contributed by atoms with Crippen molar-refractivity contribution in [3.63, 3.8) is 0 Å². The molecule has 0 aliphatic heterocycles. The minimum absolute atomic E-state index is 0.0350. The SMILES string of the molecule is CS(=O)(=O)Nc1cccc(C(=O)Nc2ccc(S(=O)(=O)Nc3ccc(Br)cc3)cc2)c1. The number of nitrogens with one attached hydrogen (secondary N) is 3. The number of hydrogen-bond donors (Lipinski definition) is 3. The monoisotopic (exact) mass is 523 g/mol. The van der Waals surface area contributed by atoms with E-state index in [0.29, 0.717) is 11.4 Å². The molecule has 0 saturated carbocycles. The van der Waals surface area contributed by atoms with Crippen LogP contribution in [0.25, 0.3) is 0 Å². The van der Waals surface area contributed by atoms with Crippen molar-refractivity contribution in [2.24, 2.45) is 0 Å². The molecule has 0 bridgehead atoms. The van der Waals surface area contributed by atoms with Crippen LogP contribution in [0.2, 0.25) is 0 Å². The van der Waals surface area contributed by atoms with E-state index in [2.05, 4.69) is 30.7 Å². The molecule has 3 rings (SSSR count). The normalized spacial score (nSPS) is 11.5. The predicted molar refractivity (Wildman–Crippen MR) is 124 cm³/mol. The Morgan fingerprint density at radius 3 is 2.00 bits per heavy atom. The van der Waals surface area contributed by atoms with Crippen molar-refractivity contribution < 1.29 is 21.6 Å². The molecule has 0 heterocycles. The van der Waals surface area contributed by atoms with E-state index in [0.717, 1.165) is 10.7 Å². The Morgan fingerprint density at radius 2 is 1.39 bits per heavy atom. The highest BCUT2D eigenvalue weighted by molar-refractivity contribution is 9.10. The molecule has 3 aromatic rings. The van der Waals surface area contributed by atoms with Crippen LogP contribution in [0.1, 0.15) is 10.4 Å². The summed E-state index contributed by atoms with van der Waals surface area (Å²) >= 11 is 3.29. The number of carbonyl (C=O) groups excluding carboxylic acids is 1. The molecule has 0 fully saturated rings. The molecule has 3 N–H and O–H groups in total. The molecule has 162 valence electrons. The van der Waals surface area contributed by atoms with Crippen molar-refractivity contribution in [2.75, 3.05) is 21.0 Å². The van der Waals surface area contributed by atoms with Crippen molar-refractivity contribution in [3.8, 4) is 0 Å². The molecule has 0 atom stereocenters. The lowest BCUT2D eigenvalue weighted by Gasteiger charge is -2.10. The second-order valence-electron chi connectivity index (χ2n) is 6.55. The first-order chi connectivity index (χ1) is 14.5. The third-order valence-corrected chi connectivity index (χ3v) is 6.48. The molecule has 3 aromatic carbocycles. The molecule has 11 heteroatoms. The standard InChI is InChI=1S/C20H18BrN3O5S2/c1-30(26,27)23-18-4-2-3-14(13-18)20(25)22-16-9-11-19(12-10-16)31(28,29)24-17-7-5-15(21)6-8-17/h2-13,23-24H,1H3,(H,22,25). The first kappa shape index (κ1) is 22.8. The molecule has 0 saturated heterocycles. The summed E-state index contributed by atoms with van der Waals surface area (Å²) in [6.07, 6.45) is 1.01. The van der Waals surface area contributed by atoms with Crippen LogP contribution in [-0.4, -0.2) is 29.0 Å². The van der Waals surface area contributed by atoms with E-state index in [9.17, 15) is 21.6 Å². The van der Waals surface area contributed by atoms with Gasteiger partial charge in [-0.15, -0.1) is 0 Å². The molecular weight excluding hydrogens is 506 g/mol. The van der Waals surface area contributed by atoms with E-state index in [1.807, 2.05) is 0 Å². The summed E-state index contributed by atoms with van der Waals surface area (Å²) in [5, 5.41) is 2.65. The van der Waals surface area contributed by atoms with Crippen LogP contribution in [0.15, 0.2) is 82.2 Å². The second-order valence-corrected chi connectivity index (χ2v) is 10.9. The Morgan fingerprint density at radius 1 is 0.774 bits per heavy atom. The fraction of sp³-hybridized carbons (Fsp3) is 0.0500. The third-order valence-electron chi connectivity index (χ3n) is 3.95. The fourth-order valence-corrected chi connectivity index (χ4v) is 4.47. The number of rotatable bonds is 7. The van der Waals surface area contributed by atoms with Crippen molar-refractivity contribution in [1.82, 2.24) is 0 Å². The lowest BCUT2D eigenvalue weighted by atomic mass is 10.2. The minimum atomic E-state index is -3.79. The summed E-state index contributed by atoms with van der Waals surface area (Å²) < 4.78 is 53.4. The molecule has 0 unspecified atom stereocenters. The van der Waals surface area contributed by atoms with Crippen LogP contribution in [0.3, 0.4) is 0 Å². The van der Waals surface area contributed by atoms with Crippen LogP contribution in [0.5, 0.6) is 0 Å². The summed E-state index contributed by atoms with van der Waals surface area (Å²) in [6, 6.07) is 18.4. The highest BCUT2D eigenvalue weighted by Crippen LogP contribution is 2.21. The summed E-state index contributed by atoms with van der Waals surface area (Å²) in [6.45, 7) is 0. The summed E-state index contributed by atoms with van der Waals surface area (Å²) in [7, 11) is -7.26. The highest BCUT2D eigenvalue weighted by atomic mass is 79.9. The average molecular weight is 524 g/mol. The zero-order valence-corrected chi connectivity index (χ0v) is 19.4. The van der Waals surface area contributed by atoms with Gasteiger partial charge in [0.15, 0.2) is 0 Å². The maximum absolute atomic E-state index is 12.5. The van der Waals surface area contributed by atoms with Gasteiger partial charge in [-0.25, -0.2) is 16.8 Å². The summed E-state index contributed by atoms with van der Waals surface area (Å²) in [5.74, 6) is -0.472. The second kappa shape index (κ2) is 9.08. The van der Waals surface area contributed by atoms with E-state index in [-0.39, 0.29) is 16.1 Å². The van der Waals surface area contributed by atoms with E-state index in [1.54, 1.807) is 30.3 Å². The van der Waals surface area contributed by atoms with Gasteiger partial charge in [0.2, 0.25) is 10.0 Å². The van der Waals surface area contributed by atoms with Gasteiger partial charge < -0.3 is 5.32 Å². The van der Waals surface area contributed by atoms with Crippen molar-refractivity contribution in [3.05, 3.63) is 82.8 Å². The lowest BCUT2D eigenvalue weighted by Crippen LogP contribution is -2.15. The first-order valence-corrected chi connectivity index (χ1v) is 13.0. The molecule has 0 aromatic heterocycles. The minimum Gasteiger partial charge on any atom is -0.322 e. The molecule has 0 aliphatic carbocycles. The summed E-state index contributed by atoms with van der Waals surface area (Å²) in [4.78, 5) is 12.5. The van der Waals surface area contributed by atoms with Gasteiger partial charge >= 0.3 is 0 Å². The van der Waals surface area contributed by atoms with E-state index >= 15 is 0 Å². The maximum Gasteiger partial charge on any atom is 0.261 e. The van der Waals surface area contributed by atoms with Gasteiger partial charge in [0, 0.05) is 27.1 Å². The number of halogens is 1. The number of sulfonamides is 2.